The lowest BCUT2D eigenvalue weighted by molar-refractivity contribution is -0.131. The zero-order valence-corrected chi connectivity index (χ0v) is 8.82. The van der Waals surface area contributed by atoms with E-state index in [1.807, 2.05) is 6.92 Å². The van der Waals surface area contributed by atoms with Crippen molar-refractivity contribution in [3.05, 3.63) is 22.6 Å². The largest absolute Gasteiger partial charge is 0.478 e. The maximum absolute atomic E-state index is 10.3. The summed E-state index contributed by atoms with van der Waals surface area (Å²) in [5.74, 6) is -0.362. The molecule has 5 nitrogen and oxygen atoms in total. The molecule has 0 aliphatic heterocycles. The second-order valence-corrected chi connectivity index (χ2v) is 3.11. The number of carboxylic acids is 1. The van der Waals surface area contributed by atoms with Gasteiger partial charge in [-0.2, -0.15) is 0 Å². The molecule has 0 spiro atoms. The van der Waals surface area contributed by atoms with Crippen molar-refractivity contribution in [3.8, 4) is 0 Å². The highest BCUT2D eigenvalue weighted by Gasteiger charge is 2.07. The predicted octanol–water partition coefficient (Wildman–Crippen LogP) is 1.37. The fourth-order valence-electron chi connectivity index (χ4n) is 0.970. The molecule has 0 bridgehead atoms. The molecule has 0 aliphatic carbocycles. The molecule has 0 aliphatic rings. The summed E-state index contributed by atoms with van der Waals surface area (Å²) in [6.07, 6.45) is 2.83. The van der Waals surface area contributed by atoms with Crippen LogP contribution in [0.1, 0.15) is 18.3 Å². The van der Waals surface area contributed by atoms with Gasteiger partial charge in [-0.15, -0.1) is 0 Å². The summed E-state index contributed by atoms with van der Waals surface area (Å²) in [4.78, 5) is 18.2. The number of anilines is 1. The van der Waals surface area contributed by atoms with Crippen molar-refractivity contribution in [1.82, 2.24) is 9.97 Å². The molecule has 1 aromatic rings. The molecule has 0 aromatic carbocycles. The zero-order valence-electron chi connectivity index (χ0n) is 8.07. The van der Waals surface area contributed by atoms with E-state index in [1.165, 1.54) is 6.08 Å². The highest BCUT2D eigenvalue weighted by atomic mass is 35.5. The number of hydrogen-bond donors (Lipinski definition) is 2. The minimum absolute atomic E-state index is 0.164. The Morgan fingerprint density at radius 2 is 2.27 bits per heavy atom. The van der Waals surface area contributed by atoms with Gasteiger partial charge in [0.25, 0.3) is 0 Å². The van der Waals surface area contributed by atoms with Crippen LogP contribution in [0, 0.1) is 0 Å². The third-order valence-corrected chi connectivity index (χ3v) is 1.97. The van der Waals surface area contributed by atoms with E-state index in [0.29, 0.717) is 17.8 Å². The van der Waals surface area contributed by atoms with Crippen molar-refractivity contribution in [3.63, 3.8) is 0 Å². The SMILES string of the molecule is CCc1nc(N)c(C=CC(=O)O)c(Cl)n1. The Morgan fingerprint density at radius 3 is 2.73 bits per heavy atom. The Hall–Kier alpha value is -1.62. The van der Waals surface area contributed by atoms with Crippen molar-refractivity contribution >= 4 is 29.5 Å². The fraction of sp³-hybridized carbons (Fsp3) is 0.222. The zero-order chi connectivity index (χ0) is 11.4. The minimum atomic E-state index is -1.08. The van der Waals surface area contributed by atoms with Gasteiger partial charge in [-0.1, -0.05) is 18.5 Å². The normalized spacial score (nSPS) is 10.8. The molecule has 1 heterocycles. The maximum atomic E-state index is 10.3. The number of nitrogens with zero attached hydrogens (tertiary/aromatic N) is 2. The summed E-state index contributed by atoms with van der Waals surface area (Å²) < 4.78 is 0. The molecular formula is C9H10ClN3O2. The quantitative estimate of drug-likeness (QED) is 0.601. The average molecular weight is 228 g/mol. The number of carbonyl (C=O) groups is 1. The lowest BCUT2D eigenvalue weighted by atomic mass is 10.2. The number of aliphatic carboxylic acids is 1. The predicted molar refractivity (Wildman–Crippen MR) is 57.5 cm³/mol. The van der Waals surface area contributed by atoms with Gasteiger partial charge in [0.1, 0.15) is 16.8 Å². The van der Waals surface area contributed by atoms with Crippen molar-refractivity contribution in [2.24, 2.45) is 0 Å². The standard InChI is InChI=1S/C9H10ClN3O2/c1-2-6-12-8(10)5(9(11)13-6)3-4-7(14)15/h3-4H,2H2,1H3,(H,14,15)(H2,11,12,13). The molecule has 0 unspecified atom stereocenters. The smallest absolute Gasteiger partial charge is 0.328 e. The molecule has 80 valence electrons. The van der Waals surface area contributed by atoms with Crippen LogP contribution in [-0.4, -0.2) is 21.0 Å². The van der Waals surface area contributed by atoms with Gasteiger partial charge in [-0.3, -0.25) is 0 Å². The third-order valence-electron chi connectivity index (χ3n) is 1.68. The number of halogens is 1. The van der Waals surface area contributed by atoms with Gasteiger partial charge in [0.15, 0.2) is 0 Å². The van der Waals surface area contributed by atoms with Crippen molar-refractivity contribution in [2.75, 3.05) is 5.73 Å². The van der Waals surface area contributed by atoms with Crippen LogP contribution in [0.4, 0.5) is 5.82 Å². The Morgan fingerprint density at radius 1 is 1.60 bits per heavy atom. The molecule has 6 heteroatoms. The van der Waals surface area contributed by atoms with E-state index in [4.69, 9.17) is 22.4 Å². The summed E-state index contributed by atoms with van der Waals surface area (Å²) in [6, 6.07) is 0. The molecule has 0 fully saturated rings. The van der Waals surface area contributed by atoms with Gasteiger partial charge in [0.05, 0.1) is 5.56 Å². The van der Waals surface area contributed by atoms with Crippen LogP contribution >= 0.6 is 11.6 Å². The van der Waals surface area contributed by atoms with Gasteiger partial charge >= 0.3 is 5.97 Å². The van der Waals surface area contributed by atoms with E-state index in [2.05, 4.69) is 9.97 Å². The van der Waals surface area contributed by atoms with E-state index in [0.717, 1.165) is 6.08 Å². The number of hydrogen-bond acceptors (Lipinski definition) is 4. The van der Waals surface area contributed by atoms with Gasteiger partial charge in [-0.05, 0) is 6.08 Å². The number of nitrogens with two attached hydrogens (primary N) is 1. The van der Waals surface area contributed by atoms with Crippen molar-refractivity contribution in [1.29, 1.82) is 0 Å². The van der Waals surface area contributed by atoms with Crippen LogP contribution < -0.4 is 5.73 Å². The Balaban J connectivity index is 3.14. The molecular weight excluding hydrogens is 218 g/mol. The molecule has 0 amide bonds. The van der Waals surface area contributed by atoms with Crippen molar-refractivity contribution in [2.45, 2.75) is 13.3 Å². The summed E-state index contributed by atoms with van der Waals surface area (Å²) in [7, 11) is 0. The Bertz CT molecular complexity index is 395. The Labute approximate surface area is 91.6 Å². The van der Waals surface area contributed by atoms with Crippen LogP contribution in [0.2, 0.25) is 5.15 Å². The molecule has 0 saturated heterocycles. The number of aromatic nitrogens is 2. The van der Waals surface area contributed by atoms with E-state index >= 15 is 0 Å². The molecule has 0 atom stereocenters. The van der Waals surface area contributed by atoms with E-state index < -0.39 is 5.97 Å². The molecule has 0 radical (unpaired) electrons. The summed E-state index contributed by atoms with van der Waals surface area (Å²) in [5, 5.41) is 8.61. The van der Waals surface area contributed by atoms with Crippen LogP contribution in [0.5, 0.6) is 0 Å². The van der Waals surface area contributed by atoms with E-state index in [9.17, 15) is 4.79 Å². The average Bonchev–Trinajstić information content (AvgIpc) is 2.15. The second kappa shape index (κ2) is 4.75. The van der Waals surface area contributed by atoms with Crippen molar-refractivity contribution < 1.29 is 9.90 Å². The van der Waals surface area contributed by atoms with Crippen LogP contribution in [0.25, 0.3) is 6.08 Å². The molecule has 0 saturated carbocycles. The first-order valence-electron chi connectivity index (χ1n) is 4.27. The highest BCUT2D eigenvalue weighted by Crippen LogP contribution is 2.20. The molecule has 3 N–H and O–H groups in total. The monoisotopic (exact) mass is 227 g/mol. The Kier molecular flexibility index (Phi) is 3.62. The van der Waals surface area contributed by atoms with Crippen LogP contribution in [0.15, 0.2) is 6.08 Å². The first-order chi connectivity index (χ1) is 7.04. The first kappa shape index (κ1) is 11.5. The number of nitrogen functional groups attached to an aromatic ring is 1. The topological polar surface area (TPSA) is 89.1 Å². The fourth-order valence-corrected chi connectivity index (χ4v) is 1.23. The lowest BCUT2D eigenvalue weighted by Gasteiger charge is -2.03. The third kappa shape index (κ3) is 2.92. The number of aryl methyl sites for hydroxylation is 1. The van der Waals surface area contributed by atoms with Crippen LogP contribution in [-0.2, 0) is 11.2 Å². The van der Waals surface area contributed by atoms with Gasteiger partial charge in [0.2, 0.25) is 0 Å². The van der Waals surface area contributed by atoms with E-state index in [1.54, 1.807) is 0 Å². The molecule has 15 heavy (non-hydrogen) atoms. The molecule has 1 rings (SSSR count). The number of carboxylic acid groups (broad SMARTS) is 1. The highest BCUT2D eigenvalue weighted by molar-refractivity contribution is 6.31. The first-order valence-corrected chi connectivity index (χ1v) is 4.65. The maximum Gasteiger partial charge on any atom is 0.328 e. The van der Waals surface area contributed by atoms with Gasteiger partial charge in [0, 0.05) is 12.5 Å². The van der Waals surface area contributed by atoms with Gasteiger partial charge < -0.3 is 10.8 Å². The van der Waals surface area contributed by atoms with Crippen LogP contribution in [0.3, 0.4) is 0 Å². The van der Waals surface area contributed by atoms with E-state index in [-0.39, 0.29) is 11.0 Å². The number of rotatable bonds is 3. The summed E-state index contributed by atoms with van der Waals surface area (Å²) in [5.41, 5.74) is 5.93. The molecule has 1 aromatic heterocycles. The summed E-state index contributed by atoms with van der Waals surface area (Å²) in [6.45, 7) is 1.87. The van der Waals surface area contributed by atoms with Gasteiger partial charge in [-0.25, -0.2) is 14.8 Å². The minimum Gasteiger partial charge on any atom is -0.478 e. The lowest BCUT2D eigenvalue weighted by Crippen LogP contribution is -2.02. The summed E-state index contributed by atoms with van der Waals surface area (Å²) >= 11 is 5.82. The second-order valence-electron chi connectivity index (χ2n) is 2.75.